The molecule has 0 atom stereocenters. The van der Waals surface area contributed by atoms with Crippen molar-refractivity contribution in [1.29, 1.82) is 0 Å². The predicted octanol–water partition coefficient (Wildman–Crippen LogP) is 4.21. The topological polar surface area (TPSA) is 50.6 Å². The zero-order chi connectivity index (χ0) is 22.7. The van der Waals surface area contributed by atoms with Crippen molar-refractivity contribution in [2.24, 2.45) is 7.05 Å². The van der Waals surface area contributed by atoms with Crippen molar-refractivity contribution >= 4 is 11.8 Å². The fourth-order valence-electron chi connectivity index (χ4n) is 4.57. The minimum absolute atomic E-state index is 0.318. The Morgan fingerprint density at radius 2 is 1.62 bits per heavy atom. The number of hydrogen-bond donors (Lipinski definition) is 0. The van der Waals surface area contributed by atoms with Gasteiger partial charge in [0.15, 0.2) is 0 Å². The Hall–Kier alpha value is -3.19. The number of ether oxygens (including phenoxy) is 1. The molecule has 0 spiro atoms. The smallest absolute Gasteiger partial charge is 0.355 e. The first-order valence-electron chi connectivity index (χ1n) is 11.0. The first kappa shape index (κ1) is 22.0. The molecule has 1 aliphatic rings. The maximum absolute atomic E-state index is 13.7. The van der Waals surface area contributed by atoms with Crippen LogP contribution in [0.1, 0.15) is 23.8 Å². The van der Waals surface area contributed by atoms with E-state index in [0.29, 0.717) is 5.69 Å². The van der Waals surface area contributed by atoms with E-state index in [1.165, 1.54) is 19.2 Å². The van der Waals surface area contributed by atoms with Gasteiger partial charge in [0, 0.05) is 56.7 Å². The molecule has 4 rings (SSSR count). The van der Waals surface area contributed by atoms with Gasteiger partial charge in [-0.1, -0.05) is 19.1 Å². The summed E-state index contributed by atoms with van der Waals surface area (Å²) in [5.74, 6) is 0.229. The molecule has 2 aromatic heterocycles. The van der Waals surface area contributed by atoms with E-state index >= 15 is 0 Å². The summed E-state index contributed by atoms with van der Waals surface area (Å²) in [7, 11) is 3.29. The summed E-state index contributed by atoms with van der Waals surface area (Å²) < 4.78 is 20.8. The standard InChI is InChI=1S/C25H29FN4O2/c1-4-13-29-14-16-30(17-15-29)24-22(19-9-11-27-12-10-19)21(18-5-7-20(26)8-6-18)23(28(24)2)25(31)32-3/h5-12H,4,13-17H2,1-3H3. The number of pyridine rings is 1. The lowest BCUT2D eigenvalue weighted by molar-refractivity contribution is 0.0591. The molecule has 32 heavy (non-hydrogen) atoms. The van der Waals surface area contributed by atoms with Gasteiger partial charge in [-0.05, 0) is 48.4 Å². The largest absolute Gasteiger partial charge is 0.464 e. The monoisotopic (exact) mass is 436 g/mol. The van der Waals surface area contributed by atoms with Gasteiger partial charge in [0.1, 0.15) is 17.3 Å². The number of carbonyl (C=O) groups is 1. The van der Waals surface area contributed by atoms with Crippen molar-refractivity contribution < 1.29 is 13.9 Å². The van der Waals surface area contributed by atoms with Crippen LogP contribution in [0.25, 0.3) is 22.3 Å². The van der Waals surface area contributed by atoms with Crippen LogP contribution in [0.2, 0.25) is 0 Å². The highest BCUT2D eigenvalue weighted by Gasteiger charge is 2.31. The molecule has 1 aliphatic heterocycles. The van der Waals surface area contributed by atoms with E-state index in [4.69, 9.17) is 4.74 Å². The van der Waals surface area contributed by atoms with E-state index in [0.717, 1.165) is 67.2 Å². The average molecular weight is 437 g/mol. The fourth-order valence-corrected chi connectivity index (χ4v) is 4.57. The predicted molar refractivity (Wildman–Crippen MR) is 124 cm³/mol. The molecule has 6 nitrogen and oxygen atoms in total. The van der Waals surface area contributed by atoms with Crippen molar-refractivity contribution in [3.63, 3.8) is 0 Å². The Morgan fingerprint density at radius 3 is 2.22 bits per heavy atom. The number of nitrogens with zero attached hydrogens (tertiary/aromatic N) is 4. The summed E-state index contributed by atoms with van der Waals surface area (Å²) in [6.45, 7) is 6.94. The van der Waals surface area contributed by atoms with Crippen LogP contribution in [0.3, 0.4) is 0 Å². The number of aromatic nitrogens is 2. The Balaban J connectivity index is 1.93. The molecule has 3 heterocycles. The third-order valence-electron chi connectivity index (χ3n) is 6.06. The molecule has 1 fully saturated rings. The molecule has 1 aromatic carbocycles. The number of carbonyl (C=O) groups excluding carboxylic acids is 1. The molecule has 0 radical (unpaired) electrons. The van der Waals surface area contributed by atoms with Gasteiger partial charge in [-0.15, -0.1) is 0 Å². The van der Waals surface area contributed by atoms with Gasteiger partial charge in [0.25, 0.3) is 0 Å². The third kappa shape index (κ3) is 4.12. The molecule has 0 N–H and O–H groups in total. The SMILES string of the molecule is CCCN1CCN(c2c(-c3ccncc3)c(-c3ccc(F)cc3)c(C(=O)OC)n2C)CC1. The van der Waals surface area contributed by atoms with E-state index in [1.54, 1.807) is 24.5 Å². The third-order valence-corrected chi connectivity index (χ3v) is 6.06. The molecule has 0 bridgehead atoms. The Morgan fingerprint density at radius 1 is 1.00 bits per heavy atom. The summed E-state index contributed by atoms with van der Waals surface area (Å²) in [4.78, 5) is 21.9. The maximum Gasteiger partial charge on any atom is 0.355 e. The molecule has 7 heteroatoms. The Kier molecular flexibility index (Phi) is 6.55. The average Bonchev–Trinajstić information content (AvgIpc) is 3.13. The van der Waals surface area contributed by atoms with Gasteiger partial charge in [0.05, 0.1) is 7.11 Å². The van der Waals surface area contributed by atoms with Crippen LogP contribution in [0.4, 0.5) is 10.2 Å². The summed E-state index contributed by atoms with van der Waals surface area (Å²) >= 11 is 0. The van der Waals surface area contributed by atoms with Gasteiger partial charge in [-0.3, -0.25) is 9.88 Å². The lowest BCUT2D eigenvalue weighted by Gasteiger charge is -2.36. The Bertz CT molecular complexity index is 1070. The van der Waals surface area contributed by atoms with E-state index in [1.807, 2.05) is 23.7 Å². The number of esters is 1. The van der Waals surface area contributed by atoms with Crippen LogP contribution in [0, 0.1) is 5.82 Å². The lowest BCUT2D eigenvalue weighted by Crippen LogP contribution is -2.47. The second-order valence-electron chi connectivity index (χ2n) is 8.04. The van der Waals surface area contributed by atoms with Crippen LogP contribution in [-0.4, -0.2) is 60.3 Å². The Labute approximate surface area is 188 Å². The minimum Gasteiger partial charge on any atom is -0.464 e. The van der Waals surface area contributed by atoms with Crippen LogP contribution >= 0.6 is 0 Å². The number of rotatable bonds is 6. The van der Waals surface area contributed by atoms with Gasteiger partial charge in [0.2, 0.25) is 0 Å². The summed E-state index contributed by atoms with van der Waals surface area (Å²) in [5.41, 5.74) is 3.86. The maximum atomic E-state index is 13.7. The van der Waals surface area contributed by atoms with Crippen LogP contribution in [0.5, 0.6) is 0 Å². The number of anilines is 1. The summed E-state index contributed by atoms with van der Waals surface area (Å²) in [5, 5.41) is 0. The first-order valence-corrected chi connectivity index (χ1v) is 11.0. The number of halogens is 1. The molecule has 168 valence electrons. The first-order chi connectivity index (χ1) is 15.5. The molecule has 1 saturated heterocycles. The van der Waals surface area contributed by atoms with Gasteiger partial charge >= 0.3 is 5.97 Å². The summed E-state index contributed by atoms with van der Waals surface area (Å²) in [6.07, 6.45) is 4.63. The van der Waals surface area contributed by atoms with Gasteiger partial charge in [-0.25, -0.2) is 9.18 Å². The molecular weight excluding hydrogens is 407 g/mol. The number of methoxy groups -OCH3 is 1. The van der Waals surface area contributed by atoms with Crippen LogP contribution < -0.4 is 4.90 Å². The molecule has 0 unspecified atom stereocenters. The minimum atomic E-state index is -0.419. The molecule has 0 aliphatic carbocycles. The van der Waals surface area contributed by atoms with E-state index < -0.39 is 5.97 Å². The second-order valence-corrected chi connectivity index (χ2v) is 8.04. The second kappa shape index (κ2) is 9.53. The fraction of sp³-hybridized carbons (Fsp3) is 0.360. The number of benzene rings is 1. The summed E-state index contributed by atoms with van der Waals surface area (Å²) in [6, 6.07) is 10.2. The van der Waals surface area contributed by atoms with E-state index in [-0.39, 0.29) is 5.82 Å². The highest BCUT2D eigenvalue weighted by atomic mass is 19.1. The normalized spacial score (nSPS) is 14.6. The molecule has 0 amide bonds. The van der Waals surface area contributed by atoms with Crippen molar-refractivity contribution in [2.45, 2.75) is 13.3 Å². The molecule has 3 aromatic rings. The number of hydrogen-bond acceptors (Lipinski definition) is 5. The molecular formula is C25H29FN4O2. The highest BCUT2D eigenvalue weighted by Crippen LogP contribution is 2.44. The van der Waals surface area contributed by atoms with Crippen LogP contribution in [-0.2, 0) is 11.8 Å². The highest BCUT2D eigenvalue weighted by molar-refractivity contribution is 6.05. The van der Waals surface area contributed by atoms with Crippen molar-refractivity contribution in [2.75, 3.05) is 44.7 Å². The van der Waals surface area contributed by atoms with Crippen molar-refractivity contribution in [1.82, 2.24) is 14.5 Å². The van der Waals surface area contributed by atoms with Gasteiger partial charge in [-0.2, -0.15) is 0 Å². The zero-order valence-corrected chi connectivity index (χ0v) is 18.8. The quantitative estimate of drug-likeness (QED) is 0.542. The van der Waals surface area contributed by atoms with E-state index in [9.17, 15) is 9.18 Å². The van der Waals surface area contributed by atoms with Gasteiger partial charge < -0.3 is 14.2 Å². The van der Waals surface area contributed by atoms with E-state index in [2.05, 4.69) is 21.7 Å². The number of piperazine rings is 1. The molecule has 0 saturated carbocycles. The zero-order valence-electron chi connectivity index (χ0n) is 18.8. The lowest BCUT2D eigenvalue weighted by atomic mass is 9.96. The van der Waals surface area contributed by atoms with Crippen molar-refractivity contribution in [3.8, 4) is 22.3 Å². The van der Waals surface area contributed by atoms with Crippen molar-refractivity contribution in [3.05, 3.63) is 60.3 Å². The van der Waals surface area contributed by atoms with Crippen LogP contribution in [0.15, 0.2) is 48.8 Å².